The highest BCUT2D eigenvalue weighted by Gasteiger charge is 2.31. The molecule has 3 rings (SSSR count). The lowest BCUT2D eigenvalue weighted by Gasteiger charge is -2.16. The standard InChI is InChI=1S/C17H16N2O3/c20-13-7-11(9-18-10-13)5-6-16(22)19-17-14-4-2-1-3-12(14)8-15(17)21/h1-7,9-10,15,17,20-21H,8H2,(H,19,22)/b6-5+. The van der Waals surface area contributed by atoms with Gasteiger partial charge < -0.3 is 15.5 Å². The Kier molecular flexibility index (Phi) is 3.89. The van der Waals surface area contributed by atoms with Crippen molar-refractivity contribution in [1.29, 1.82) is 0 Å². The highest BCUT2D eigenvalue weighted by atomic mass is 16.3. The molecule has 112 valence electrons. The van der Waals surface area contributed by atoms with E-state index >= 15 is 0 Å². The van der Waals surface area contributed by atoms with Crippen LogP contribution < -0.4 is 5.32 Å². The number of nitrogens with one attached hydrogen (secondary N) is 1. The number of hydrogen-bond acceptors (Lipinski definition) is 4. The number of carbonyl (C=O) groups excluding carboxylic acids is 1. The number of fused-ring (bicyclic) bond motifs is 1. The van der Waals surface area contributed by atoms with Gasteiger partial charge in [0.1, 0.15) is 5.75 Å². The SMILES string of the molecule is O=C(/C=C/c1cncc(O)c1)NC1c2ccccc2CC1O. The summed E-state index contributed by atoms with van der Waals surface area (Å²) >= 11 is 0. The first-order chi connectivity index (χ1) is 10.6. The second kappa shape index (κ2) is 5.99. The lowest BCUT2D eigenvalue weighted by Crippen LogP contribution is -2.32. The maximum Gasteiger partial charge on any atom is 0.244 e. The molecule has 2 aromatic rings. The highest BCUT2D eigenvalue weighted by molar-refractivity contribution is 5.92. The number of rotatable bonds is 3. The van der Waals surface area contributed by atoms with E-state index in [2.05, 4.69) is 10.3 Å². The van der Waals surface area contributed by atoms with Gasteiger partial charge in [0.15, 0.2) is 0 Å². The van der Waals surface area contributed by atoms with Crippen LogP contribution in [0, 0.1) is 0 Å². The number of hydrogen-bond donors (Lipinski definition) is 3. The van der Waals surface area contributed by atoms with Crippen LogP contribution in [0.3, 0.4) is 0 Å². The summed E-state index contributed by atoms with van der Waals surface area (Å²) < 4.78 is 0. The summed E-state index contributed by atoms with van der Waals surface area (Å²) in [6.07, 6.45) is 5.73. The third-order valence-electron chi connectivity index (χ3n) is 3.67. The molecule has 1 amide bonds. The minimum atomic E-state index is -0.614. The topological polar surface area (TPSA) is 82.5 Å². The molecule has 22 heavy (non-hydrogen) atoms. The molecular formula is C17H16N2O3. The van der Waals surface area contributed by atoms with Crippen LogP contribution in [0.25, 0.3) is 6.08 Å². The van der Waals surface area contributed by atoms with Crippen molar-refractivity contribution < 1.29 is 15.0 Å². The maximum atomic E-state index is 12.0. The maximum absolute atomic E-state index is 12.0. The van der Waals surface area contributed by atoms with Crippen molar-refractivity contribution in [3.8, 4) is 5.75 Å². The van der Waals surface area contributed by atoms with Crippen LogP contribution in [0.1, 0.15) is 22.7 Å². The van der Waals surface area contributed by atoms with E-state index in [9.17, 15) is 15.0 Å². The van der Waals surface area contributed by atoms with E-state index in [0.29, 0.717) is 12.0 Å². The molecule has 2 atom stereocenters. The number of aliphatic hydroxyl groups is 1. The van der Waals surface area contributed by atoms with Gasteiger partial charge in [-0.3, -0.25) is 9.78 Å². The third kappa shape index (κ3) is 2.99. The molecule has 5 nitrogen and oxygen atoms in total. The zero-order chi connectivity index (χ0) is 15.5. The number of nitrogens with zero attached hydrogens (tertiary/aromatic N) is 1. The Morgan fingerprint density at radius 3 is 2.95 bits per heavy atom. The molecule has 1 aliphatic carbocycles. The second-order valence-electron chi connectivity index (χ2n) is 5.27. The quantitative estimate of drug-likeness (QED) is 0.751. The lowest BCUT2D eigenvalue weighted by molar-refractivity contribution is -0.117. The fourth-order valence-electron chi connectivity index (χ4n) is 2.66. The molecule has 0 bridgehead atoms. The van der Waals surface area contributed by atoms with Crippen molar-refractivity contribution in [2.24, 2.45) is 0 Å². The van der Waals surface area contributed by atoms with E-state index in [1.54, 1.807) is 12.3 Å². The van der Waals surface area contributed by atoms with Gasteiger partial charge >= 0.3 is 0 Å². The number of benzene rings is 1. The molecule has 0 saturated carbocycles. The molecule has 0 spiro atoms. The smallest absolute Gasteiger partial charge is 0.244 e. The predicted octanol–water partition coefficient (Wildman–Crippen LogP) is 1.57. The van der Waals surface area contributed by atoms with Gasteiger partial charge in [0.2, 0.25) is 5.91 Å². The molecule has 0 saturated heterocycles. The Bertz CT molecular complexity index is 727. The Labute approximate surface area is 128 Å². The average Bonchev–Trinajstić information content (AvgIpc) is 2.81. The van der Waals surface area contributed by atoms with Crippen molar-refractivity contribution >= 4 is 12.0 Å². The van der Waals surface area contributed by atoms with E-state index in [0.717, 1.165) is 11.1 Å². The number of aliphatic hydroxyl groups excluding tert-OH is 1. The number of carbonyl (C=O) groups is 1. The molecule has 3 N–H and O–H groups in total. The van der Waals surface area contributed by atoms with Crippen LogP contribution in [-0.4, -0.2) is 27.2 Å². The molecular weight excluding hydrogens is 280 g/mol. The summed E-state index contributed by atoms with van der Waals surface area (Å²) in [4.78, 5) is 15.9. The fraction of sp³-hybridized carbons (Fsp3) is 0.176. The molecule has 0 radical (unpaired) electrons. The van der Waals surface area contributed by atoms with Crippen LogP contribution in [-0.2, 0) is 11.2 Å². The number of aromatic hydroxyl groups is 1. The normalized spacial score (nSPS) is 20.0. The number of aromatic nitrogens is 1. The fourth-order valence-corrected chi connectivity index (χ4v) is 2.66. The Morgan fingerprint density at radius 2 is 2.14 bits per heavy atom. The van der Waals surface area contributed by atoms with Crippen LogP contribution in [0.2, 0.25) is 0 Å². The summed E-state index contributed by atoms with van der Waals surface area (Å²) in [7, 11) is 0. The molecule has 1 aromatic carbocycles. The van der Waals surface area contributed by atoms with Crippen LogP contribution in [0.5, 0.6) is 5.75 Å². The van der Waals surface area contributed by atoms with Gasteiger partial charge in [0.25, 0.3) is 0 Å². The Morgan fingerprint density at radius 1 is 1.32 bits per heavy atom. The first-order valence-corrected chi connectivity index (χ1v) is 7.02. The van der Waals surface area contributed by atoms with E-state index in [4.69, 9.17) is 0 Å². The first-order valence-electron chi connectivity index (χ1n) is 7.02. The van der Waals surface area contributed by atoms with Crippen molar-refractivity contribution in [3.63, 3.8) is 0 Å². The van der Waals surface area contributed by atoms with Crippen LogP contribution in [0.4, 0.5) is 0 Å². The second-order valence-corrected chi connectivity index (χ2v) is 5.27. The van der Waals surface area contributed by atoms with Gasteiger partial charge in [0, 0.05) is 18.7 Å². The number of amides is 1. The molecule has 2 unspecified atom stereocenters. The molecule has 0 fully saturated rings. The van der Waals surface area contributed by atoms with Crippen molar-refractivity contribution in [2.75, 3.05) is 0 Å². The summed E-state index contributed by atoms with van der Waals surface area (Å²) in [5, 5.41) is 22.2. The highest BCUT2D eigenvalue weighted by Crippen LogP contribution is 2.31. The van der Waals surface area contributed by atoms with Gasteiger partial charge in [-0.1, -0.05) is 24.3 Å². The molecule has 1 aromatic heterocycles. The number of pyridine rings is 1. The van der Waals surface area contributed by atoms with E-state index in [1.165, 1.54) is 18.3 Å². The minimum Gasteiger partial charge on any atom is -0.506 e. The molecule has 5 heteroatoms. The van der Waals surface area contributed by atoms with E-state index in [-0.39, 0.29) is 11.7 Å². The summed E-state index contributed by atoms with van der Waals surface area (Å²) in [6.45, 7) is 0. The van der Waals surface area contributed by atoms with Gasteiger partial charge in [-0.2, -0.15) is 0 Å². The average molecular weight is 296 g/mol. The van der Waals surface area contributed by atoms with E-state index in [1.807, 2.05) is 24.3 Å². The molecule has 0 aliphatic heterocycles. The van der Waals surface area contributed by atoms with Crippen LogP contribution >= 0.6 is 0 Å². The van der Waals surface area contributed by atoms with Crippen LogP contribution in [0.15, 0.2) is 48.8 Å². The molecule has 1 heterocycles. The van der Waals surface area contributed by atoms with Crippen molar-refractivity contribution in [3.05, 3.63) is 65.5 Å². The van der Waals surface area contributed by atoms with Gasteiger partial charge in [-0.15, -0.1) is 0 Å². The summed E-state index contributed by atoms with van der Waals surface area (Å²) in [6, 6.07) is 8.81. The Balaban J connectivity index is 1.70. The lowest BCUT2D eigenvalue weighted by atomic mass is 10.1. The summed E-state index contributed by atoms with van der Waals surface area (Å²) in [5.74, 6) is -0.258. The van der Waals surface area contributed by atoms with Gasteiger partial charge in [-0.25, -0.2) is 0 Å². The van der Waals surface area contributed by atoms with Crippen molar-refractivity contribution in [2.45, 2.75) is 18.6 Å². The van der Waals surface area contributed by atoms with Gasteiger partial charge in [-0.05, 0) is 28.8 Å². The monoisotopic (exact) mass is 296 g/mol. The van der Waals surface area contributed by atoms with Gasteiger partial charge in [0.05, 0.1) is 18.3 Å². The molecule has 1 aliphatic rings. The van der Waals surface area contributed by atoms with E-state index < -0.39 is 12.1 Å². The third-order valence-corrected chi connectivity index (χ3v) is 3.67. The van der Waals surface area contributed by atoms with Crippen molar-refractivity contribution in [1.82, 2.24) is 10.3 Å². The zero-order valence-corrected chi connectivity index (χ0v) is 11.8. The first kappa shape index (κ1) is 14.3. The Hall–Kier alpha value is -2.66. The predicted molar refractivity (Wildman–Crippen MR) is 82.0 cm³/mol. The summed E-state index contributed by atoms with van der Waals surface area (Å²) in [5.41, 5.74) is 2.64. The largest absolute Gasteiger partial charge is 0.506 e. The zero-order valence-electron chi connectivity index (χ0n) is 11.8. The minimum absolute atomic E-state index is 0.0442.